The highest BCUT2D eigenvalue weighted by atomic mass is 79.9. The lowest BCUT2D eigenvalue weighted by molar-refractivity contribution is 1.50. The molecule has 0 amide bonds. The molecule has 0 aliphatic carbocycles. The topological polar surface area (TPSA) is 23.8 Å². The van der Waals surface area contributed by atoms with E-state index in [2.05, 4.69) is 15.9 Å². The maximum atomic E-state index is 7.58. The second-order valence-corrected chi connectivity index (χ2v) is 0.852. The maximum absolute atomic E-state index is 7.58. The third-order valence-corrected chi connectivity index (χ3v) is 0.311. The smallest absolute Gasteiger partial charge is 0.0905 e. The average molecular weight is 123 g/mol. The molecule has 4 heavy (non-hydrogen) atoms. The first kappa shape index (κ1) is 3.97. The molecule has 2 heteroatoms. The van der Waals surface area contributed by atoms with Crippen LogP contribution in [0.4, 0.5) is 0 Å². The van der Waals surface area contributed by atoms with Gasteiger partial charge in [0.25, 0.3) is 0 Å². The molecule has 0 radical (unpaired) electrons. The monoisotopic (exact) mass is 122 g/mol. The van der Waals surface area contributed by atoms with Gasteiger partial charge in [-0.05, 0) is 0 Å². The summed E-state index contributed by atoms with van der Waals surface area (Å²) < 4.78 is 0. The summed E-state index contributed by atoms with van der Waals surface area (Å²) >= 11 is 2.89. The Morgan fingerprint density at radius 3 is 2.25 bits per heavy atom. The van der Waals surface area contributed by atoms with E-state index in [1.165, 1.54) is 0 Å². The van der Waals surface area contributed by atoms with Crippen LogP contribution in [0, 0.1) is 11.3 Å². The Morgan fingerprint density at radius 2 is 2.25 bits per heavy atom. The first-order chi connectivity index (χ1) is 1.91. The number of hydrogen-bond donors (Lipinski definition) is 0. The second-order valence-electron chi connectivity index (χ2n) is 0.292. The van der Waals surface area contributed by atoms with E-state index in [4.69, 9.17) is 5.26 Å². The molecule has 0 bridgehead atoms. The van der Waals surface area contributed by atoms with Gasteiger partial charge in [-0.1, -0.05) is 15.9 Å². The van der Waals surface area contributed by atoms with E-state index >= 15 is 0 Å². The second kappa shape index (κ2) is 2.97. The van der Waals surface area contributed by atoms with E-state index < -0.39 is 0 Å². The lowest BCUT2D eigenvalue weighted by Crippen LogP contribution is -1.45. The number of nitrogens with zero attached hydrogens (tertiary/aromatic N) is 1. The number of nitriles is 1. The Balaban J connectivity index is 2.43. The molecule has 0 aromatic carbocycles. The first-order valence-electron chi connectivity index (χ1n) is 0.844. The zero-order valence-corrected chi connectivity index (χ0v) is 3.62. The summed E-state index contributed by atoms with van der Waals surface area (Å²) in [6.07, 6.45) is 0. The molecule has 22 valence electrons. The molecule has 0 heterocycles. The average Bonchev–Trinajstić information content (AvgIpc) is 1.37. The summed E-state index contributed by atoms with van der Waals surface area (Å²) in [5, 5.41) is 8.02. The predicted octanol–water partition coefficient (Wildman–Crippen LogP) is 0.905. The minimum atomic E-state index is 0.438. The summed E-state index contributed by atoms with van der Waals surface area (Å²) in [7, 11) is 0. The molecule has 0 aromatic heterocycles. The van der Waals surface area contributed by atoms with Gasteiger partial charge in [-0.15, -0.1) is 0 Å². The third kappa shape index (κ3) is 1.97. The lowest BCUT2D eigenvalue weighted by atomic mass is 11.9. The number of alkyl halides is 1. The van der Waals surface area contributed by atoms with Gasteiger partial charge in [0.2, 0.25) is 0 Å². The molecule has 0 saturated heterocycles. The molecule has 0 unspecified atom stereocenters. The molecule has 0 fully saturated rings. The number of halogens is 1. The molecule has 0 N–H and O–H groups in total. The van der Waals surface area contributed by atoms with Gasteiger partial charge < -0.3 is 0 Å². The van der Waals surface area contributed by atoms with Crippen LogP contribution in [0.25, 0.3) is 0 Å². The van der Waals surface area contributed by atoms with Gasteiger partial charge in [0.05, 0.1) is 11.4 Å². The molecule has 0 atom stereocenters. The van der Waals surface area contributed by atoms with E-state index in [0.29, 0.717) is 5.33 Å². The van der Waals surface area contributed by atoms with Crippen LogP contribution < -0.4 is 0 Å². The molecule has 0 aromatic rings. The van der Waals surface area contributed by atoms with E-state index in [0.717, 1.165) is 0 Å². The number of hydrogen-bond acceptors (Lipinski definition) is 1. The fourth-order valence-corrected chi connectivity index (χ4v) is 0. The Hall–Kier alpha value is -0.0300. The van der Waals surface area contributed by atoms with Crippen molar-refractivity contribution in [2.75, 3.05) is 5.33 Å². The van der Waals surface area contributed by atoms with Crippen LogP contribution in [0.1, 0.15) is 0 Å². The zero-order chi connectivity index (χ0) is 3.41. The highest BCUT2D eigenvalue weighted by Gasteiger charge is 1.52. The standard InChI is InChI=1S/C2H2BrN/c3-1-2-4/h1H2/i1+1,2+1,4+1. The quantitative estimate of drug-likeness (QED) is 0.266. The fourth-order valence-electron chi connectivity index (χ4n) is 0. The minimum absolute atomic E-state index is 0.438. The summed E-state index contributed by atoms with van der Waals surface area (Å²) in [5.74, 6) is 0. The van der Waals surface area contributed by atoms with Crippen molar-refractivity contribution in [3.8, 4) is 6.07 Å². The minimum Gasteiger partial charge on any atom is -0.197 e. The van der Waals surface area contributed by atoms with Gasteiger partial charge in [0.1, 0.15) is 0 Å². The fraction of sp³-hybridized carbons (Fsp3) is 0.500. The van der Waals surface area contributed by atoms with Gasteiger partial charge in [-0.2, -0.15) is 5.26 Å². The van der Waals surface area contributed by atoms with Crippen molar-refractivity contribution in [2.24, 2.45) is 0 Å². The maximum Gasteiger partial charge on any atom is 0.0905 e. The number of rotatable bonds is 0. The van der Waals surface area contributed by atoms with Gasteiger partial charge >= 0.3 is 0 Å². The molecule has 0 spiro atoms. The van der Waals surface area contributed by atoms with Crippen LogP contribution in [0.3, 0.4) is 0 Å². The summed E-state index contributed by atoms with van der Waals surface area (Å²) in [5.41, 5.74) is 0. The van der Waals surface area contributed by atoms with E-state index in [1.807, 2.05) is 6.07 Å². The van der Waals surface area contributed by atoms with Gasteiger partial charge in [-0.3, -0.25) is 0 Å². The van der Waals surface area contributed by atoms with Crippen LogP contribution in [-0.2, 0) is 0 Å². The zero-order valence-electron chi connectivity index (χ0n) is 2.03. The molecule has 0 aliphatic rings. The highest BCUT2D eigenvalue weighted by Crippen LogP contribution is 1.68. The third-order valence-electron chi connectivity index (χ3n) is 0.0598. The van der Waals surface area contributed by atoms with E-state index in [-0.39, 0.29) is 0 Å². The Bertz CT molecular complexity index is 35.8. The van der Waals surface area contributed by atoms with Crippen molar-refractivity contribution in [3.63, 3.8) is 0 Å². The molecule has 0 saturated carbocycles. The van der Waals surface area contributed by atoms with Crippen LogP contribution in [-0.4, -0.2) is 5.33 Å². The van der Waals surface area contributed by atoms with Gasteiger partial charge in [-0.25, -0.2) is 0 Å². The molecule has 0 rings (SSSR count). The van der Waals surface area contributed by atoms with Crippen molar-refractivity contribution in [3.05, 3.63) is 0 Å². The molecular formula is C2H2BrN. The molecule has 1 nitrogen and oxygen atoms in total. The van der Waals surface area contributed by atoms with Crippen LogP contribution >= 0.6 is 15.9 Å². The summed E-state index contributed by atoms with van der Waals surface area (Å²) in [4.78, 5) is 0. The van der Waals surface area contributed by atoms with Gasteiger partial charge in [0.15, 0.2) is 0 Å². The van der Waals surface area contributed by atoms with E-state index in [9.17, 15) is 0 Å². The predicted molar refractivity (Wildman–Crippen MR) is 19.4 cm³/mol. The SMILES string of the molecule is [15N]#[13C][13CH2]Br. The molecular weight excluding hydrogens is 121 g/mol. The van der Waals surface area contributed by atoms with Gasteiger partial charge in [0, 0.05) is 0 Å². The van der Waals surface area contributed by atoms with Crippen molar-refractivity contribution in [1.29, 1.82) is 5.26 Å². The van der Waals surface area contributed by atoms with Crippen LogP contribution in [0.15, 0.2) is 0 Å². The highest BCUT2D eigenvalue weighted by molar-refractivity contribution is 9.09. The van der Waals surface area contributed by atoms with Crippen molar-refractivity contribution >= 4 is 15.9 Å². The normalized spacial score (nSPS) is 5.00. The summed E-state index contributed by atoms with van der Waals surface area (Å²) in [6, 6.07) is 1.85. The van der Waals surface area contributed by atoms with Crippen LogP contribution in [0.5, 0.6) is 0 Å². The Kier molecular flexibility index (Phi) is 2.95. The first-order valence-corrected chi connectivity index (χ1v) is 1.97. The lowest BCUT2D eigenvalue weighted by Gasteiger charge is -1.44. The Morgan fingerprint density at radius 1 is 2.00 bits per heavy atom. The largest absolute Gasteiger partial charge is 0.197 e. The van der Waals surface area contributed by atoms with Crippen LogP contribution in [0.2, 0.25) is 0 Å². The summed E-state index contributed by atoms with van der Waals surface area (Å²) in [6.45, 7) is 0. The van der Waals surface area contributed by atoms with E-state index in [1.54, 1.807) is 0 Å². The van der Waals surface area contributed by atoms with Crippen molar-refractivity contribution in [1.82, 2.24) is 0 Å². The Labute approximate surface area is 33.4 Å². The molecule has 0 aliphatic heterocycles. The van der Waals surface area contributed by atoms with Crippen molar-refractivity contribution < 1.29 is 0 Å². The van der Waals surface area contributed by atoms with Crippen molar-refractivity contribution in [2.45, 2.75) is 0 Å².